The largest absolute Gasteiger partial charge is 0.387 e. The van der Waals surface area contributed by atoms with Crippen LogP contribution in [0.3, 0.4) is 0 Å². The molecule has 0 aliphatic heterocycles. The minimum atomic E-state index is -0.716. The standard InChI is InChI=1S/C9H11ClN2O/c1-4-5-7(13)8-6(2)11-12(3)9(8)10/h1,7,13H,5H2,2-3H3. The third-order valence-electron chi connectivity index (χ3n) is 1.84. The maximum atomic E-state index is 9.62. The number of rotatable bonds is 2. The first kappa shape index (κ1) is 10.1. The summed E-state index contributed by atoms with van der Waals surface area (Å²) in [4.78, 5) is 0. The van der Waals surface area contributed by atoms with Crippen LogP contribution in [0.1, 0.15) is 23.8 Å². The van der Waals surface area contributed by atoms with Crippen molar-refractivity contribution in [3.8, 4) is 12.3 Å². The summed E-state index contributed by atoms with van der Waals surface area (Å²) in [5, 5.41) is 14.1. The molecule has 0 spiro atoms. The molecule has 0 aliphatic carbocycles. The number of aryl methyl sites for hydroxylation is 2. The second-order valence-corrected chi connectivity index (χ2v) is 3.20. The highest BCUT2D eigenvalue weighted by Crippen LogP contribution is 2.27. The van der Waals surface area contributed by atoms with Gasteiger partial charge in [0.15, 0.2) is 0 Å². The third kappa shape index (κ3) is 1.85. The van der Waals surface area contributed by atoms with Crippen molar-refractivity contribution in [1.82, 2.24) is 9.78 Å². The third-order valence-corrected chi connectivity index (χ3v) is 2.29. The van der Waals surface area contributed by atoms with Crippen LogP contribution in [-0.2, 0) is 7.05 Å². The predicted molar refractivity (Wildman–Crippen MR) is 51.4 cm³/mol. The second kappa shape index (κ2) is 3.82. The van der Waals surface area contributed by atoms with E-state index < -0.39 is 6.10 Å². The summed E-state index contributed by atoms with van der Waals surface area (Å²) < 4.78 is 1.52. The molecule has 1 rings (SSSR count). The van der Waals surface area contributed by atoms with Gasteiger partial charge in [-0.1, -0.05) is 11.6 Å². The van der Waals surface area contributed by atoms with Gasteiger partial charge in [-0.15, -0.1) is 12.3 Å². The summed E-state index contributed by atoms with van der Waals surface area (Å²) >= 11 is 5.92. The molecule has 0 fully saturated rings. The molecule has 1 aromatic heterocycles. The summed E-state index contributed by atoms with van der Waals surface area (Å²) in [6.07, 6.45) is 4.63. The Labute approximate surface area is 82.3 Å². The minimum absolute atomic E-state index is 0.256. The van der Waals surface area contributed by atoms with Gasteiger partial charge >= 0.3 is 0 Å². The fourth-order valence-corrected chi connectivity index (χ4v) is 1.54. The molecule has 0 aliphatic rings. The lowest BCUT2D eigenvalue weighted by Gasteiger charge is -2.05. The van der Waals surface area contributed by atoms with Gasteiger partial charge < -0.3 is 5.11 Å². The molecule has 3 nitrogen and oxygen atoms in total. The second-order valence-electron chi connectivity index (χ2n) is 2.84. The number of nitrogens with zero attached hydrogens (tertiary/aromatic N) is 2. The fourth-order valence-electron chi connectivity index (χ4n) is 1.24. The number of hydrogen-bond acceptors (Lipinski definition) is 2. The Hall–Kier alpha value is -0.980. The van der Waals surface area contributed by atoms with Gasteiger partial charge in [0.05, 0.1) is 11.8 Å². The Kier molecular flexibility index (Phi) is 2.97. The van der Waals surface area contributed by atoms with E-state index in [0.717, 1.165) is 5.69 Å². The molecule has 70 valence electrons. The lowest BCUT2D eigenvalue weighted by molar-refractivity contribution is 0.183. The molecular weight excluding hydrogens is 188 g/mol. The average Bonchev–Trinajstić information content (AvgIpc) is 2.27. The molecule has 1 atom stereocenters. The van der Waals surface area contributed by atoms with Crippen LogP contribution < -0.4 is 0 Å². The molecule has 4 heteroatoms. The molecule has 1 unspecified atom stereocenters. The molecule has 13 heavy (non-hydrogen) atoms. The van der Waals surface area contributed by atoms with E-state index in [1.165, 1.54) is 4.68 Å². The molecule has 0 amide bonds. The van der Waals surface area contributed by atoms with Gasteiger partial charge in [0.1, 0.15) is 5.15 Å². The van der Waals surface area contributed by atoms with Crippen molar-refractivity contribution in [2.45, 2.75) is 19.4 Å². The zero-order chi connectivity index (χ0) is 10.0. The van der Waals surface area contributed by atoms with E-state index >= 15 is 0 Å². The highest BCUT2D eigenvalue weighted by molar-refractivity contribution is 6.30. The lowest BCUT2D eigenvalue weighted by Crippen LogP contribution is -1.97. The summed E-state index contributed by atoms with van der Waals surface area (Å²) in [5.74, 6) is 2.38. The van der Waals surface area contributed by atoms with Crippen LogP contribution in [0.2, 0.25) is 5.15 Å². The van der Waals surface area contributed by atoms with Crippen LogP contribution in [0.5, 0.6) is 0 Å². The van der Waals surface area contributed by atoms with Crippen molar-refractivity contribution >= 4 is 11.6 Å². The molecule has 0 radical (unpaired) electrons. The van der Waals surface area contributed by atoms with Gasteiger partial charge in [-0.25, -0.2) is 0 Å². The van der Waals surface area contributed by atoms with Crippen LogP contribution >= 0.6 is 11.6 Å². The zero-order valence-electron chi connectivity index (χ0n) is 7.58. The first-order valence-corrected chi connectivity index (χ1v) is 4.26. The van der Waals surface area contributed by atoms with E-state index in [1.807, 2.05) is 0 Å². The van der Waals surface area contributed by atoms with Gasteiger partial charge in [-0.2, -0.15) is 5.10 Å². The van der Waals surface area contributed by atoms with Crippen LogP contribution in [0.4, 0.5) is 0 Å². The van der Waals surface area contributed by atoms with Gasteiger partial charge in [0.2, 0.25) is 0 Å². The van der Waals surface area contributed by atoms with E-state index in [1.54, 1.807) is 14.0 Å². The Balaban J connectivity index is 3.07. The Bertz CT molecular complexity index is 351. The van der Waals surface area contributed by atoms with Crippen LogP contribution in [0, 0.1) is 19.3 Å². The number of hydrogen-bond donors (Lipinski definition) is 1. The van der Waals surface area contributed by atoms with Crippen LogP contribution in [0.25, 0.3) is 0 Å². The summed E-state index contributed by atoms with van der Waals surface area (Å²) in [5.41, 5.74) is 1.34. The van der Waals surface area contributed by atoms with Gasteiger partial charge in [-0.05, 0) is 6.92 Å². The fraction of sp³-hybridized carbons (Fsp3) is 0.444. The van der Waals surface area contributed by atoms with E-state index in [0.29, 0.717) is 10.7 Å². The topological polar surface area (TPSA) is 38.1 Å². The molecule has 1 heterocycles. The van der Waals surface area contributed by atoms with E-state index in [9.17, 15) is 5.11 Å². The van der Waals surface area contributed by atoms with Crippen molar-refractivity contribution in [2.75, 3.05) is 0 Å². The summed E-state index contributed by atoms with van der Waals surface area (Å²) in [6, 6.07) is 0. The molecule has 0 saturated carbocycles. The highest BCUT2D eigenvalue weighted by atomic mass is 35.5. The predicted octanol–water partition coefficient (Wildman–Crippen LogP) is 1.44. The van der Waals surface area contributed by atoms with Crippen molar-refractivity contribution in [1.29, 1.82) is 0 Å². The minimum Gasteiger partial charge on any atom is -0.387 e. The van der Waals surface area contributed by atoms with Crippen LogP contribution in [-0.4, -0.2) is 14.9 Å². The van der Waals surface area contributed by atoms with Crippen LogP contribution in [0.15, 0.2) is 0 Å². The summed E-state index contributed by atoms with van der Waals surface area (Å²) in [7, 11) is 1.72. The number of aliphatic hydroxyl groups excluding tert-OH is 1. The van der Waals surface area contributed by atoms with Crippen molar-refractivity contribution in [3.63, 3.8) is 0 Å². The molecular formula is C9H11ClN2O. The Morgan fingerprint density at radius 1 is 1.77 bits per heavy atom. The van der Waals surface area contributed by atoms with Crippen molar-refractivity contribution < 1.29 is 5.11 Å². The Morgan fingerprint density at radius 3 is 2.77 bits per heavy atom. The van der Waals surface area contributed by atoms with E-state index in [-0.39, 0.29) is 6.42 Å². The van der Waals surface area contributed by atoms with Gasteiger partial charge in [-0.3, -0.25) is 4.68 Å². The first-order chi connectivity index (χ1) is 6.07. The summed E-state index contributed by atoms with van der Waals surface area (Å²) in [6.45, 7) is 1.79. The van der Waals surface area contributed by atoms with Gasteiger partial charge in [0.25, 0.3) is 0 Å². The smallest absolute Gasteiger partial charge is 0.132 e. The lowest BCUT2D eigenvalue weighted by atomic mass is 10.1. The quantitative estimate of drug-likeness (QED) is 0.731. The number of aromatic nitrogens is 2. The number of aliphatic hydroxyl groups is 1. The maximum absolute atomic E-state index is 9.62. The number of halogens is 1. The van der Waals surface area contributed by atoms with Crippen molar-refractivity contribution in [3.05, 3.63) is 16.4 Å². The first-order valence-electron chi connectivity index (χ1n) is 3.88. The van der Waals surface area contributed by atoms with E-state index in [2.05, 4.69) is 11.0 Å². The highest BCUT2D eigenvalue weighted by Gasteiger charge is 2.18. The molecule has 0 aromatic carbocycles. The van der Waals surface area contributed by atoms with Crippen molar-refractivity contribution in [2.24, 2.45) is 7.05 Å². The van der Waals surface area contributed by atoms with Gasteiger partial charge in [0, 0.05) is 19.0 Å². The monoisotopic (exact) mass is 198 g/mol. The zero-order valence-corrected chi connectivity index (χ0v) is 8.34. The Morgan fingerprint density at radius 2 is 2.38 bits per heavy atom. The molecule has 1 N–H and O–H groups in total. The SMILES string of the molecule is C#CCC(O)c1c(C)nn(C)c1Cl. The number of terminal acetylenes is 1. The molecule has 0 bridgehead atoms. The normalized spacial score (nSPS) is 12.5. The molecule has 0 saturated heterocycles. The molecule has 1 aromatic rings. The average molecular weight is 199 g/mol. The van der Waals surface area contributed by atoms with E-state index in [4.69, 9.17) is 18.0 Å². The maximum Gasteiger partial charge on any atom is 0.132 e.